The summed E-state index contributed by atoms with van der Waals surface area (Å²) in [6.07, 6.45) is 6.69. The Morgan fingerprint density at radius 3 is 2.14 bits per heavy atom. The molecule has 1 unspecified atom stereocenters. The highest BCUT2D eigenvalue weighted by atomic mass is 16.6. The molecule has 0 aliphatic carbocycles. The summed E-state index contributed by atoms with van der Waals surface area (Å²) in [5.74, 6) is -0.559. The van der Waals surface area contributed by atoms with Crippen LogP contribution in [0.1, 0.15) is 63.9 Å². The van der Waals surface area contributed by atoms with Crippen LogP contribution in [-0.4, -0.2) is 33.8 Å². The van der Waals surface area contributed by atoms with Crippen molar-refractivity contribution in [2.45, 2.75) is 44.2 Å². The lowest BCUT2D eigenvalue weighted by atomic mass is 9.77. The van der Waals surface area contributed by atoms with Crippen LogP contribution in [0.2, 0.25) is 0 Å². The average molecular weight is 670 g/mol. The van der Waals surface area contributed by atoms with Gasteiger partial charge in [0.05, 0.1) is 11.6 Å². The fourth-order valence-corrected chi connectivity index (χ4v) is 6.19. The van der Waals surface area contributed by atoms with Gasteiger partial charge in [0, 0.05) is 60.3 Å². The van der Waals surface area contributed by atoms with E-state index in [0.717, 1.165) is 5.56 Å². The normalized spacial score (nSPS) is 13.7. The van der Waals surface area contributed by atoms with E-state index >= 15 is 0 Å². The topological polar surface area (TPSA) is 175 Å². The molecule has 50 heavy (non-hydrogen) atoms. The zero-order valence-electron chi connectivity index (χ0n) is 26.7. The van der Waals surface area contributed by atoms with Gasteiger partial charge in [-0.3, -0.25) is 14.4 Å². The summed E-state index contributed by atoms with van der Waals surface area (Å²) in [6, 6.07) is 23.1. The maximum Gasteiger partial charge on any atom is 0.340 e. The molecule has 4 aromatic rings. The number of terminal acetylenes is 1. The largest absolute Gasteiger partial charge is 0.508 e. The number of ketones is 1. The van der Waals surface area contributed by atoms with Gasteiger partial charge >= 0.3 is 5.97 Å². The fourth-order valence-electron chi connectivity index (χ4n) is 6.19. The summed E-state index contributed by atoms with van der Waals surface area (Å²) >= 11 is 0. The van der Waals surface area contributed by atoms with Crippen molar-refractivity contribution in [3.63, 3.8) is 0 Å². The Hall–Kier alpha value is -6.59. The molecule has 0 saturated heterocycles. The summed E-state index contributed by atoms with van der Waals surface area (Å²) in [7, 11) is 0. The zero-order chi connectivity index (χ0) is 35.4. The molecule has 2 amide bonds. The quantitative estimate of drug-likeness (QED) is 0.0930. The first-order valence-corrected chi connectivity index (χ1v) is 15.9. The Kier molecular flexibility index (Phi) is 9.24. The van der Waals surface area contributed by atoms with Crippen molar-refractivity contribution in [3.05, 3.63) is 112 Å². The average Bonchev–Trinajstić information content (AvgIpc) is 3.38. The van der Waals surface area contributed by atoms with Gasteiger partial charge in [-0.2, -0.15) is 5.26 Å². The lowest BCUT2D eigenvalue weighted by Gasteiger charge is -2.36. The monoisotopic (exact) mass is 669 g/mol. The number of hydrogen-bond acceptors (Lipinski definition) is 9. The van der Waals surface area contributed by atoms with Crippen molar-refractivity contribution in [1.29, 1.82) is 5.26 Å². The maximum absolute atomic E-state index is 13.3. The molecule has 0 bridgehead atoms. The molecule has 6 rings (SSSR count). The van der Waals surface area contributed by atoms with Crippen molar-refractivity contribution in [2.24, 2.45) is 5.92 Å². The van der Waals surface area contributed by atoms with E-state index in [1.54, 1.807) is 54.6 Å². The van der Waals surface area contributed by atoms with Crippen molar-refractivity contribution < 1.29 is 38.9 Å². The molecule has 11 heteroatoms. The van der Waals surface area contributed by atoms with Gasteiger partial charge in [-0.25, -0.2) is 4.79 Å². The van der Waals surface area contributed by atoms with Crippen LogP contribution in [-0.2, 0) is 37.7 Å². The number of Topliss-reactive ketones (excluding diaryl/α,β-unsaturated/α-hetero) is 1. The number of carbonyl (C=O) groups excluding carboxylic acids is 4. The number of anilines is 1. The van der Waals surface area contributed by atoms with Crippen molar-refractivity contribution in [1.82, 2.24) is 5.32 Å². The summed E-state index contributed by atoms with van der Waals surface area (Å²) in [6.45, 7) is 0.188. The lowest BCUT2D eigenvalue weighted by molar-refractivity contribution is -0.129. The Morgan fingerprint density at radius 1 is 0.860 bits per heavy atom. The molecule has 0 radical (unpaired) electrons. The second-order valence-electron chi connectivity index (χ2n) is 12.0. The van der Waals surface area contributed by atoms with Gasteiger partial charge in [-0.05, 0) is 66.4 Å². The maximum atomic E-state index is 13.3. The molecule has 4 aromatic carbocycles. The Balaban J connectivity index is 1.06. The molecule has 1 atom stereocenters. The number of nitrogens with zero attached hydrogens (tertiary/aromatic N) is 1. The first kappa shape index (κ1) is 33.3. The van der Waals surface area contributed by atoms with Crippen LogP contribution in [0.5, 0.6) is 23.0 Å². The summed E-state index contributed by atoms with van der Waals surface area (Å²) in [5.41, 5.74) is 2.67. The van der Waals surface area contributed by atoms with Crippen LogP contribution in [0.3, 0.4) is 0 Å². The Bertz CT molecular complexity index is 2060. The SMILES string of the molecule is C#CCCC(=O)C(C#N)C(=O)Nc1ccc(CCCC(=O)NCc2ccc3c(c2)C(=O)OC32c3ccc(O)cc3Oc3cc(O)ccc32)cc1. The molecular formula is C39H31N3O8. The van der Waals surface area contributed by atoms with Gasteiger partial charge < -0.3 is 30.3 Å². The number of amides is 2. The number of aryl methyl sites for hydroxylation is 1. The molecule has 0 fully saturated rings. The highest BCUT2D eigenvalue weighted by Gasteiger charge is 2.53. The lowest BCUT2D eigenvalue weighted by Crippen LogP contribution is -2.32. The number of phenolic OH excluding ortho intramolecular Hbond substituents is 2. The zero-order valence-corrected chi connectivity index (χ0v) is 26.7. The van der Waals surface area contributed by atoms with Crippen LogP contribution in [0.15, 0.2) is 78.9 Å². The van der Waals surface area contributed by atoms with E-state index in [0.29, 0.717) is 46.3 Å². The van der Waals surface area contributed by atoms with Gasteiger partial charge in [0.2, 0.25) is 11.8 Å². The van der Waals surface area contributed by atoms with Crippen LogP contribution in [0, 0.1) is 29.6 Å². The third kappa shape index (κ3) is 6.45. The molecule has 0 saturated carbocycles. The first-order valence-electron chi connectivity index (χ1n) is 15.9. The highest BCUT2D eigenvalue weighted by molar-refractivity contribution is 6.09. The molecule has 2 aliphatic heterocycles. The molecule has 4 N–H and O–H groups in total. The number of hydrogen-bond donors (Lipinski definition) is 4. The second kappa shape index (κ2) is 13.9. The standard InChI is InChI=1S/C39H31N3O8/c1-2-3-6-33(45)29(21-40)37(47)42-25-11-8-23(9-12-25)5-4-7-36(46)41-22-24-10-15-30-28(18-24)38(48)50-39(30)31-16-13-26(43)19-34(31)49-35-20-27(44)14-17-32(35)39/h1,8-20,29,43-44H,3-7,22H2,(H,41,46)(H,42,47). The fraction of sp³-hybridized carbons (Fsp3) is 0.205. The van der Waals surface area contributed by atoms with Crippen LogP contribution in [0.25, 0.3) is 0 Å². The van der Waals surface area contributed by atoms with E-state index in [-0.39, 0.29) is 54.7 Å². The third-order valence-corrected chi connectivity index (χ3v) is 8.65. The number of benzene rings is 4. The molecule has 11 nitrogen and oxygen atoms in total. The molecule has 0 aromatic heterocycles. The van der Waals surface area contributed by atoms with Gasteiger partial charge in [0.1, 0.15) is 23.0 Å². The van der Waals surface area contributed by atoms with Crippen molar-refractivity contribution >= 4 is 29.3 Å². The Labute approximate surface area is 287 Å². The summed E-state index contributed by atoms with van der Waals surface area (Å²) in [4.78, 5) is 50.5. The van der Waals surface area contributed by atoms with Crippen molar-refractivity contribution in [2.75, 3.05) is 5.32 Å². The van der Waals surface area contributed by atoms with Gasteiger partial charge in [-0.15, -0.1) is 12.3 Å². The van der Waals surface area contributed by atoms with Crippen LogP contribution < -0.4 is 15.4 Å². The smallest absolute Gasteiger partial charge is 0.340 e. The number of phenols is 2. The van der Waals surface area contributed by atoms with Gasteiger partial charge in [0.15, 0.2) is 17.3 Å². The van der Waals surface area contributed by atoms with Crippen molar-refractivity contribution in [3.8, 4) is 41.4 Å². The van der Waals surface area contributed by atoms with E-state index in [9.17, 15) is 34.7 Å². The van der Waals surface area contributed by atoms with Gasteiger partial charge in [0.25, 0.3) is 0 Å². The van der Waals surface area contributed by atoms with Gasteiger partial charge in [-0.1, -0.05) is 24.3 Å². The number of aromatic hydroxyl groups is 2. The predicted molar refractivity (Wildman–Crippen MR) is 180 cm³/mol. The number of rotatable bonds is 11. The summed E-state index contributed by atoms with van der Waals surface area (Å²) in [5, 5.41) is 34.9. The van der Waals surface area contributed by atoms with Crippen LogP contribution in [0.4, 0.5) is 5.69 Å². The summed E-state index contributed by atoms with van der Waals surface area (Å²) < 4.78 is 12.1. The highest BCUT2D eigenvalue weighted by Crippen LogP contribution is 2.57. The first-order chi connectivity index (χ1) is 24.1. The van der Waals surface area contributed by atoms with Crippen LogP contribution >= 0.6 is 0 Å². The number of carbonyl (C=O) groups is 4. The molecule has 250 valence electrons. The third-order valence-electron chi connectivity index (χ3n) is 8.65. The number of esters is 1. The van der Waals surface area contributed by atoms with E-state index in [2.05, 4.69) is 16.6 Å². The minimum atomic E-state index is -1.43. The molecular weight excluding hydrogens is 638 g/mol. The molecule has 2 heterocycles. The minimum absolute atomic E-state index is 0.0320. The number of nitriles is 1. The number of ether oxygens (including phenoxy) is 2. The van der Waals surface area contributed by atoms with E-state index < -0.39 is 29.2 Å². The van der Waals surface area contributed by atoms with E-state index in [1.807, 2.05) is 6.07 Å². The molecule has 1 spiro atoms. The molecule has 2 aliphatic rings. The number of nitrogens with one attached hydrogen (secondary N) is 2. The second-order valence-corrected chi connectivity index (χ2v) is 12.0. The number of fused-ring (bicyclic) bond motifs is 6. The minimum Gasteiger partial charge on any atom is -0.508 e. The van der Waals surface area contributed by atoms with E-state index in [1.165, 1.54) is 24.3 Å². The predicted octanol–water partition coefficient (Wildman–Crippen LogP) is 5.37. The Morgan fingerprint density at radius 2 is 1.50 bits per heavy atom. The van der Waals surface area contributed by atoms with E-state index in [4.69, 9.17) is 15.9 Å².